The van der Waals surface area contributed by atoms with Gasteiger partial charge < -0.3 is 9.88 Å². The molecular formula is C12H11ClN2O. The summed E-state index contributed by atoms with van der Waals surface area (Å²) in [6.07, 6.45) is 2.33. The number of carbonyl (C=O) groups excluding carboxylic acids is 1. The van der Waals surface area contributed by atoms with Gasteiger partial charge in [0.1, 0.15) is 0 Å². The fourth-order valence-corrected chi connectivity index (χ4v) is 2.39. The van der Waals surface area contributed by atoms with Gasteiger partial charge >= 0.3 is 0 Å². The lowest BCUT2D eigenvalue weighted by Gasteiger charge is -2.15. The molecule has 1 fully saturated rings. The zero-order valence-electron chi connectivity index (χ0n) is 8.61. The lowest BCUT2D eigenvalue weighted by atomic mass is 10.2. The van der Waals surface area contributed by atoms with Gasteiger partial charge in [-0.3, -0.25) is 4.79 Å². The van der Waals surface area contributed by atoms with Crippen molar-refractivity contribution in [1.82, 2.24) is 4.98 Å². The van der Waals surface area contributed by atoms with Gasteiger partial charge in [-0.15, -0.1) is 11.6 Å². The van der Waals surface area contributed by atoms with Crippen LogP contribution in [-0.4, -0.2) is 22.8 Å². The van der Waals surface area contributed by atoms with Crippen LogP contribution in [0.1, 0.15) is 6.42 Å². The summed E-state index contributed by atoms with van der Waals surface area (Å²) >= 11 is 5.98. The molecule has 4 heteroatoms. The second-order valence-electron chi connectivity index (χ2n) is 4.05. The Morgan fingerprint density at radius 1 is 1.38 bits per heavy atom. The molecule has 1 atom stereocenters. The quantitative estimate of drug-likeness (QED) is 0.757. The summed E-state index contributed by atoms with van der Waals surface area (Å²) in [5, 5.41) is 1.05. The molecule has 1 aromatic carbocycles. The Kier molecular flexibility index (Phi) is 2.14. The Morgan fingerprint density at radius 3 is 3.00 bits per heavy atom. The molecule has 1 unspecified atom stereocenters. The fourth-order valence-electron chi connectivity index (χ4n) is 2.12. The Bertz CT molecular complexity index is 549. The SMILES string of the molecule is O=C1CC(Cl)CN1c1ccc2[nH]ccc2c1. The minimum Gasteiger partial charge on any atom is -0.361 e. The fraction of sp³-hybridized carbons (Fsp3) is 0.250. The van der Waals surface area contributed by atoms with E-state index in [2.05, 4.69) is 4.98 Å². The molecule has 0 saturated carbocycles. The van der Waals surface area contributed by atoms with Crippen LogP contribution in [0.5, 0.6) is 0 Å². The third-order valence-electron chi connectivity index (χ3n) is 2.93. The highest BCUT2D eigenvalue weighted by molar-refractivity contribution is 6.24. The number of anilines is 1. The monoisotopic (exact) mass is 234 g/mol. The number of aromatic nitrogens is 1. The number of H-pyrrole nitrogens is 1. The lowest BCUT2D eigenvalue weighted by molar-refractivity contribution is -0.117. The van der Waals surface area contributed by atoms with Crippen molar-refractivity contribution in [1.29, 1.82) is 0 Å². The number of fused-ring (bicyclic) bond motifs is 1. The van der Waals surface area contributed by atoms with E-state index in [1.807, 2.05) is 30.5 Å². The zero-order chi connectivity index (χ0) is 11.1. The molecule has 82 valence electrons. The van der Waals surface area contributed by atoms with E-state index in [0.717, 1.165) is 16.6 Å². The Morgan fingerprint density at radius 2 is 2.25 bits per heavy atom. The highest BCUT2D eigenvalue weighted by Crippen LogP contribution is 2.27. The number of nitrogens with zero attached hydrogens (tertiary/aromatic N) is 1. The molecule has 1 aromatic heterocycles. The summed E-state index contributed by atoms with van der Waals surface area (Å²) in [5.74, 6) is 0.106. The van der Waals surface area contributed by atoms with Crippen molar-refractivity contribution >= 4 is 34.1 Å². The maximum Gasteiger partial charge on any atom is 0.228 e. The lowest BCUT2D eigenvalue weighted by Crippen LogP contribution is -2.24. The summed E-state index contributed by atoms with van der Waals surface area (Å²) in [7, 11) is 0. The molecule has 1 aliphatic heterocycles. The first-order valence-corrected chi connectivity index (χ1v) is 5.69. The van der Waals surface area contributed by atoms with Crippen molar-refractivity contribution in [3.63, 3.8) is 0 Å². The summed E-state index contributed by atoms with van der Waals surface area (Å²) in [6, 6.07) is 7.95. The molecule has 0 radical (unpaired) electrons. The zero-order valence-corrected chi connectivity index (χ0v) is 9.37. The normalized spacial score (nSPS) is 20.9. The summed E-state index contributed by atoms with van der Waals surface area (Å²) in [6.45, 7) is 0.607. The number of hydrogen-bond acceptors (Lipinski definition) is 1. The third-order valence-corrected chi connectivity index (χ3v) is 3.22. The van der Waals surface area contributed by atoms with E-state index in [1.165, 1.54) is 0 Å². The smallest absolute Gasteiger partial charge is 0.228 e. The summed E-state index contributed by atoms with van der Waals surface area (Å²) in [4.78, 5) is 16.6. The van der Waals surface area contributed by atoms with Crippen molar-refractivity contribution in [3.05, 3.63) is 30.5 Å². The minimum absolute atomic E-state index is 0.0607. The first-order valence-electron chi connectivity index (χ1n) is 5.25. The number of halogens is 1. The van der Waals surface area contributed by atoms with E-state index in [4.69, 9.17) is 11.6 Å². The molecule has 3 nitrogen and oxygen atoms in total. The van der Waals surface area contributed by atoms with Gasteiger partial charge in [0.15, 0.2) is 0 Å². The molecule has 0 aliphatic carbocycles. The number of alkyl halides is 1. The van der Waals surface area contributed by atoms with E-state index in [0.29, 0.717) is 13.0 Å². The average Bonchev–Trinajstić information content (AvgIpc) is 2.83. The molecule has 1 amide bonds. The molecular weight excluding hydrogens is 224 g/mol. The van der Waals surface area contributed by atoms with E-state index in [1.54, 1.807) is 4.90 Å². The predicted octanol–water partition coefficient (Wildman–Crippen LogP) is 2.51. The first-order chi connectivity index (χ1) is 7.74. The van der Waals surface area contributed by atoms with Gasteiger partial charge in [0.25, 0.3) is 0 Å². The Labute approximate surface area is 98.0 Å². The van der Waals surface area contributed by atoms with Gasteiger partial charge in [-0.1, -0.05) is 0 Å². The van der Waals surface area contributed by atoms with Gasteiger partial charge in [-0.05, 0) is 24.3 Å². The van der Waals surface area contributed by atoms with Gasteiger partial charge in [-0.2, -0.15) is 0 Å². The van der Waals surface area contributed by atoms with Crippen LogP contribution in [0, 0.1) is 0 Å². The molecule has 1 N–H and O–H groups in total. The van der Waals surface area contributed by atoms with E-state index in [-0.39, 0.29) is 11.3 Å². The van der Waals surface area contributed by atoms with Gasteiger partial charge in [0.05, 0.1) is 5.38 Å². The number of carbonyl (C=O) groups is 1. The highest BCUT2D eigenvalue weighted by Gasteiger charge is 2.29. The van der Waals surface area contributed by atoms with Gasteiger partial charge in [0, 0.05) is 35.8 Å². The standard InChI is InChI=1S/C12H11ClN2O/c13-9-6-12(16)15(7-9)10-1-2-11-8(5-10)3-4-14-11/h1-5,9,14H,6-7H2. The number of hydrogen-bond donors (Lipinski definition) is 1. The van der Waals surface area contributed by atoms with Gasteiger partial charge in [0.2, 0.25) is 5.91 Å². The van der Waals surface area contributed by atoms with Crippen molar-refractivity contribution in [2.24, 2.45) is 0 Å². The second-order valence-corrected chi connectivity index (χ2v) is 4.67. The first kappa shape index (κ1) is 9.73. The van der Waals surface area contributed by atoms with Crippen LogP contribution in [0.2, 0.25) is 0 Å². The summed E-state index contributed by atoms with van der Waals surface area (Å²) < 4.78 is 0. The largest absolute Gasteiger partial charge is 0.361 e. The summed E-state index contributed by atoms with van der Waals surface area (Å²) in [5.41, 5.74) is 2.01. The van der Waals surface area contributed by atoms with Crippen molar-refractivity contribution in [3.8, 4) is 0 Å². The van der Waals surface area contributed by atoms with E-state index >= 15 is 0 Å². The number of rotatable bonds is 1. The number of nitrogens with one attached hydrogen (secondary N) is 1. The average molecular weight is 235 g/mol. The minimum atomic E-state index is -0.0607. The second kappa shape index (κ2) is 3.52. The molecule has 1 aliphatic rings. The molecule has 0 bridgehead atoms. The van der Waals surface area contributed by atoms with Crippen LogP contribution in [0.4, 0.5) is 5.69 Å². The van der Waals surface area contributed by atoms with Crippen LogP contribution in [0.25, 0.3) is 10.9 Å². The molecule has 2 aromatic rings. The maximum absolute atomic E-state index is 11.7. The number of aromatic amines is 1. The highest BCUT2D eigenvalue weighted by atomic mass is 35.5. The topological polar surface area (TPSA) is 36.1 Å². The molecule has 2 heterocycles. The predicted molar refractivity (Wildman–Crippen MR) is 64.9 cm³/mol. The van der Waals surface area contributed by atoms with Crippen LogP contribution in [0.15, 0.2) is 30.5 Å². The van der Waals surface area contributed by atoms with Crippen molar-refractivity contribution in [2.75, 3.05) is 11.4 Å². The van der Waals surface area contributed by atoms with E-state index < -0.39 is 0 Å². The Hall–Kier alpha value is -1.48. The van der Waals surface area contributed by atoms with Gasteiger partial charge in [-0.25, -0.2) is 0 Å². The van der Waals surface area contributed by atoms with Crippen LogP contribution >= 0.6 is 11.6 Å². The van der Waals surface area contributed by atoms with Crippen LogP contribution in [-0.2, 0) is 4.79 Å². The molecule has 16 heavy (non-hydrogen) atoms. The molecule has 3 rings (SSSR count). The van der Waals surface area contributed by atoms with E-state index in [9.17, 15) is 4.79 Å². The van der Waals surface area contributed by atoms with Crippen LogP contribution < -0.4 is 4.90 Å². The van der Waals surface area contributed by atoms with Crippen molar-refractivity contribution < 1.29 is 4.79 Å². The maximum atomic E-state index is 11.7. The number of benzene rings is 1. The van der Waals surface area contributed by atoms with Crippen molar-refractivity contribution in [2.45, 2.75) is 11.8 Å². The van der Waals surface area contributed by atoms with Crippen LogP contribution in [0.3, 0.4) is 0 Å². The molecule has 0 spiro atoms. The number of amides is 1. The molecule has 1 saturated heterocycles. The third kappa shape index (κ3) is 1.48. The Balaban J connectivity index is 2.02.